The third-order valence-corrected chi connectivity index (χ3v) is 16.9. The summed E-state index contributed by atoms with van der Waals surface area (Å²) in [5, 5.41) is 0.776. The van der Waals surface area contributed by atoms with Crippen LogP contribution in [-0.4, -0.2) is 6.71 Å². The van der Waals surface area contributed by atoms with E-state index < -0.39 is 0 Å². The molecule has 310 valence electrons. The lowest BCUT2D eigenvalue weighted by Gasteiger charge is -2.48. The number of fused-ring (bicyclic) bond motifs is 7. The van der Waals surface area contributed by atoms with Gasteiger partial charge in [0.2, 0.25) is 0 Å². The summed E-state index contributed by atoms with van der Waals surface area (Å²) in [5.41, 5.74) is 23.9. The molecule has 0 bridgehead atoms. The van der Waals surface area contributed by atoms with Crippen molar-refractivity contribution in [3.05, 3.63) is 122 Å². The zero-order valence-corrected chi connectivity index (χ0v) is 39.8. The maximum Gasteiger partial charge on any atom is 0.252 e. The molecular weight excluding hydrogens is 747 g/mol. The van der Waals surface area contributed by atoms with E-state index in [9.17, 15) is 0 Å². The predicted molar refractivity (Wildman–Crippen MR) is 261 cm³/mol. The molecule has 2 heterocycles. The highest BCUT2D eigenvalue weighted by atomic mass is 35.5. The molecule has 2 nitrogen and oxygen atoms in total. The van der Waals surface area contributed by atoms with Crippen molar-refractivity contribution in [2.24, 2.45) is 0 Å². The Morgan fingerprint density at radius 2 is 0.867 bits per heavy atom. The topological polar surface area (TPSA) is 6.48 Å². The van der Waals surface area contributed by atoms with Gasteiger partial charge in [-0.1, -0.05) is 119 Å². The first kappa shape index (κ1) is 40.1. The zero-order chi connectivity index (χ0) is 42.9. The first-order valence-corrected chi connectivity index (χ1v) is 23.3. The van der Waals surface area contributed by atoms with Gasteiger partial charge in [-0.05, 0) is 194 Å². The van der Waals surface area contributed by atoms with Crippen molar-refractivity contribution in [2.45, 2.75) is 168 Å². The highest BCUT2D eigenvalue weighted by molar-refractivity contribution is 7.00. The van der Waals surface area contributed by atoms with Crippen molar-refractivity contribution in [1.29, 1.82) is 0 Å². The van der Waals surface area contributed by atoms with Crippen LogP contribution in [0.3, 0.4) is 0 Å². The Morgan fingerprint density at radius 1 is 0.417 bits per heavy atom. The Kier molecular flexibility index (Phi) is 8.42. The number of halogens is 1. The summed E-state index contributed by atoms with van der Waals surface area (Å²) in [6.07, 6.45) is 7.14. The van der Waals surface area contributed by atoms with Crippen LogP contribution in [0.25, 0.3) is 0 Å². The zero-order valence-electron chi connectivity index (χ0n) is 39.0. The lowest BCUT2D eigenvalue weighted by molar-refractivity contribution is 0.332. The Bertz CT molecular complexity index is 2670. The Labute approximate surface area is 367 Å². The van der Waals surface area contributed by atoms with Crippen molar-refractivity contribution in [3.63, 3.8) is 0 Å². The third kappa shape index (κ3) is 5.72. The van der Waals surface area contributed by atoms with E-state index >= 15 is 0 Å². The summed E-state index contributed by atoms with van der Waals surface area (Å²) >= 11 is 7.10. The second-order valence-corrected chi connectivity index (χ2v) is 24.1. The third-order valence-electron chi connectivity index (χ3n) is 16.7. The fourth-order valence-electron chi connectivity index (χ4n) is 12.4. The Morgan fingerprint density at radius 3 is 1.43 bits per heavy atom. The van der Waals surface area contributed by atoms with Gasteiger partial charge in [-0.2, -0.15) is 0 Å². The van der Waals surface area contributed by atoms with Crippen LogP contribution in [0.1, 0.15) is 166 Å². The summed E-state index contributed by atoms with van der Waals surface area (Å²) < 4.78 is 0. The normalized spacial score (nSPS) is 21.6. The average molecular weight is 813 g/mol. The molecule has 10 rings (SSSR count). The molecule has 5 aromatic rings. The summed E-state index contributed by atoms with van der Waals surface area (Å²) in [6, 6.07) is 29.6. The van der Waals surface area contributed by atoms with Gasteiger partial charge in [-0.15, -0.1) is 0 Å². The first-order valence-electron chi connectivity index (χ1n) is 23.0. The van der Waals surface area contributed by atoms with E-state index in [0.29, 0.717) is 0 Å². The van der Waals surface area contributed by atoms with Gasteiger partial charge < -0.3 is 9.80 Å². The van der Waals surface area contributed by atoms with Crippen LogP contribution in [0.5, 0.6) is 0 Å². The number of hydrogen-bond donors (Lipinski definition) is 0. The summed E-state index contributed by atoms with van der Waals surface area (Å²) in [7, 11) is 0. The number of rotatable bonds is 2. The fraction of sp³-hybridized carbons (Fsp3) is 0.464. The summed E-state index contributed by atoms with van der Waals surface area (Å²) in [4.78, 5) is 5.28. The van der Waals surface area contributed by atoms with E-state index in [2.05, 4.69) is 180 Å². The van der Waals surface area contributed by atoms with E-state index in [1.807, 2.05) is 0 Å². The molecular formula is C56H66BClN2. The molecule has 2 aliphatic heterocycles. The van der Waals surface area contributed by atoms with Gasteiger partial charge in [-0.3, -0.25) is 0 Å². The molecule has 0 unspecified atom stereocenters. The lowest BCUT2D eigenvalue weighted by atomic mass is 9.33. The molecule has 5 aromatic carbocycles. The average Bonchev–Trinajstić information content (AvgIpc) is 3.16. The van der Waals surface area contributed by atoms with Gasteiger partial charge in [0.1, 0.15) is 0 Å². The highest BCUT2D eigenvalue weighted by Gasteiger charge is 2.48. The fourth-order valence-corrected chi connectivity index (χ4v) is 12.5. The maximum absolute atomic E-state index is 7.10. The lowest BCUT2D eigenvalue weighted by Crippen LogP contribution is -2.62. The van der Waals surface area contributed by atoms with Crippen LogP contribution in [0.4, 0.5) is 34.1 Å². The van der Waals surface area contributed by atoms with Crippen molar-refractivity contribution in [3.8, 4) is 0 Å². The minimum absolute atomic E-state index is 0.0535. The smallest absolute Gasteiger partial charge is 0.252 e. The van der Waals surface area contributed by atoms with E-state index in [0.717, 1.165) is 5.02 Å². The molecule has 0 saturated carbocycles. The Balaban J connectivity index is 1.31. The number of anilines is 6. The molecule has 3 aliphatic carbocycles. The van der Waals surface area contributed by atoms with E-state index in [4.69, 9.17) is 11.6 Å². The second kappa shape index (κ2) is 12.6. The molecule has 4 heteroatoms. The monoisotopic (exact) mass is 813 g/mol. The van der Waals surface area contributed by atoms with Crippen molar-refractivity contribution in [2.75, 3.05) is 9.80 Å². The van der Waals surface area contributed by atoms with Crippen LogP contribution >= 0.6 is 11.6 Å². The van der Waals surface area contributed by atoms with Gasteiger partial charge in [-0.25, -0.2) is 0 Å². The molecule has 0 aromatic heterocycles. The van der Waals surface area contributed by atoms with Crippen LogP contribution in [0.15, 0.2) is 72.8 Å². The summed E-state index contributed by atoms with van der Waals surface area (Å²) in [5.74, 6) is 0. The van der Waals surface area contributed by atoms with Crippen LogP contribution in [0.2, 0.25) is 5.02 Å². The van der Waals surface area contributed by atoms with E-state index in [-0.39, 0.29) is 39.2 Å². The van der Waals surface area contributed by atoms with Gasteiger partial charge in [0.05, 0.1) is 0 Å². The Hall–Kier alpha value is -3.95. The minimum atomic E-state index is 0.0535. The number of nitrogens with zero attached hydrogens (tertiary/aromatic N) is 2. The van der Waals surface area contributed by atoms with Gasteiger partial charge in [0.15, 0.2) is 0 Å². The number of benzene rings is 5. The highest BCUT2D eigenvalue weighted by Crippen LogP contribution is 2.54. The predicted octanol–water partition coefficient (Wildman–Crippen LogP) is 14.1. The van der Waals surface area contributed by atoms with E-state index in [1.165, 1.54) is 134 Å². The van der Waals surface area contributed by atoms with Crippen LogP contribution in [-0.2, 0) is 32.5 Å². The number of hydrogen-bond acceptors (Lipinski definition) is 2. The van der Waals surface area contributed by atoms with Crippen molar-refractivity contribution >= 4 is 68.8 Å². The second-order valence-electron chi connectivity index (χ2n) is 23.7. The quantitative estimate of drug-likeness (QED) is 0.160. The number of aryl methyl sites for hydroxylation is 2. The summed E-state index contributed by atoms with van der Waals surface area (Å²) in [6.45, 7) is 34.2. The van der Waals surface area contributed by atoms with Crippen LogP contribution in [0, 0.1) is 13.8 Å². The molecule has 0 atom stereocenters. The molecule has 0 radical (unpaired) electrons. The largest absolute Gasteiger partial charge is 0.311 e. The molecule has 0 amide bonds. The first-order chi connectivity index (χ1) is 27.9. The van der Waals surface area contributed by atoms with Gasteiger partial charge in [0, 0.05) is 39.1 Å². The van der Waals surface area contributed by atoms with Gasteiger partial charge in [0.25, 0.3) is 6.71 Å². The molecule has 0 saturated heterocycles. The van der Waals surface area contributed by atoms with Crippen LogP contribution < -0.4 is 26.2 Å². The molecule has 0 N–H and O–H groups in total. The maximum atomic E-state index is 7.10. The minimum Gasteiger partial charge on any atom is -0.311 e. The molecule has 5 aliphatic rings. The molecule has 60 heavy (non-hydrogen) atoms. The van der Waals surface area contributed by atoms with E-state index in [1.54, 1.807) is 0 Å². The molecule has 0 spiro atoms. The standard InChI is InChI=1S/C56H66BClN2/c1-33-25-48-50-49(26-33)60(45-31-41-38(27-34(45)2)52(5,6)21-23-55(41,11)12)46-28-35(58)15-18-43(46)57(50)44-30-40-42(56(13,14)24-22-54(40,9)10)32-47(44)59(48)36-16-17-37-39(29-36)53(7,8)20-19-51(37,3)4/h15-18,25-32H,19-24H2,1-14H3. The van der Waals surface area contributed by atoms with Crippen molar-refractivity contribution in [1.82, 2.24) is 0 Å². The van der Waals surface area contributed by atoms with Crippen molar-refractivity contribution < 1.29 is 0 Å². The SMILES string of the molecule is Cc1cc2c3c(c1)N(c1cc4c(cc1C)C(C)(C)CCC4(C)C)c1cc(Cl)ccc1B3c1cc3c(cc1N2c1ccc2c(c1)C(C)(C)CCC2(C)C)C(C)(C)CCC3(C)C. The molecule has 0 fully saturated rings. The van der Waals surface area contributed by atoms with Gasteiger partial charge >= 0.3 is 0 Å².